The Morgan fingerprint density at radius 2 is 1.95 bits per heavy atom. The molecule has 1 aromatic carbocycles. The van der Waals surface area contributed by atoms with Crippen molar-refractivity contribution in [1.29, 1.82) is 0 Å². The molecule has 0 saturated carbocycles. The SMILES string of the molecule is CN(C(=O)CO)C1CCN(Cc2ccc(Cl)cc2)CC1. The van der Waals surface area contributed by atoms with Crippen LogP contribution in [-0.4, -0.2) is 53.6 Å². The van der Waals surface area contributed by atoms with Crippen LogP contribution in [0.4, 0.5) is 0 Å². The fraction of sp³-hybridized carbons (Fsp3) is 0.533. The summed E-state index contributed by atoms with van der Waals surface area (Å²) in [4.78, 5) is 15.5. The second-order valence-electron chi connectivity index (χ2n) is 5.30. The van der Waals surface area contributed by atoms with E-state index in [9.17, 15) is 4.79 Å². The predicted molar refractivity (Wildman–Crippen MR) is 79.6 cm³/mol. The number of amides is 1. The summed E-state index contributed by atoms with van der Waals surface area (Å²) in [7, 11) is 1.78. The number of likely N-dealkylation sites (tertiary alicyclic amines) is 1. The lowest BCUT2D eigenvalue weighted by molar-refractivity contribution is -0.135. The van der Waals surface area contributed by atoms with Gasteiger partial charge in [0.25, 0.3) is 0 Å². The molecule has 5 heteroatoms. The number of hydrogen-bond donors (Lipinski definition) is 1. The highest BCUT2D eigenvalue weighted by atomic mass is 35.5. The first-order chi connectivity index (χ1) is 9.60. The molecule has 110 valence electrons. The van der Waals surface area contributed by atoms with Crippen molar-refractivity contribution >= 4 is 17.5 Å². The molecule has 0 unspecified atom stereocenters. The zero-order valence-electron chi connectivity index (χ0n) is 11.8. The normalized spacial score (nSPS) is 17.1. The molecule has 0 aromatic heterocycles. The minimum atomic E-state index is -0.401. The summed E-state index contributed by atoms with van der Waals surface area (Å²) in [6, 6.07) is 8.18. The van der Waals surface area contributed by atoms with E-state index in [4.69, 9.17) is 16.7 Å². The van der Waals surface area contributed by atoms with Gasteiger partial charge >= 0.3 is 0 Å². The van der Waals surface area contributed by atoms with Crippen molar-refractivity contribution in [2.75, 3.05) is 26.7 Å². The Bertz CT molecular complexity index is 442. The Morgan fingerprint density at radius 3 is 2.50 bits per heavy atom. The maximum Gasteiger partial charge on any atom is 0.248 e. The van der Waals surface area contributed by atoms with Gasteiger partial charge in [0, 0.05) is 37.7 Å². The number of benzene rings is 1. The van der Waals surface area contributed by atoms with Crippen molar-refractivity contribution in [3.8, 4) is 0 Å². The van der Waals surface area contributed by atoms with Gasteiger partial charge in [0.15, 0.2) is 0 Å². The molecule has 0 aliphatic carbocycles. The second kappa shape index (κ2) is 7.07. The van der Waals surface area contributed by atoms with Gasteiger partial charge in [-0.1, -0.05) is 23.7 Å². The number of hydrogen-bond acceptors (Lipinski definition) is 3. The van der Waals surface area contributed by atoms with Crippen LogP contribution in [-0.2, 0) is 11.3 Å². The highest BCUT2D eigenvalue weighted by Gasteiger charge is 2.24. The molecule has 1 aromatic rings. The molecule has 0 bridgehead atoms. The van der Waals surface area contributed by atoms with E-state index < -0.39 is 6.61 Å². The summed E-state index contributed by atoms with van der Waals surface area (Å²) < 4.78 is 0. The largest absolute Gasteiger partial charge is 0.387 e. The molecule has 1 amide bonds. The molecular weight excluding hydrogens is 276 g/mol. The van der Waals surface area contributed by atoms with Crippen LogP contribution in [0.3, 0.4) is 0 Å². The molecule has 0 atom stereocenters. The van der Waals surface area contributed by atoms with E-state index >= 15 is 0 Å². The van der Waals surface area contributed by atoms with Gasteiger partial charge in [-0.2, -0.15) is 0 Å². The second-order valence-corrected chi connectivity index (χ2v) is 5.73. The van der Waals surface area contributed by atoms with Crippen molar-refractivity contribution in [1.82, 2.24) is 9.80 Å². The van der Waals surface area contributed by atoms with Crippen LogP contribution in [0.15, 0.2) is 24.3 Å². The first kappa shape index (κ1) is 15.3. The number of halogens is 1. The van der Waals surface area contributed by atoms with Crippen LogP contribution in [0.5, 0.6) is 0 Å². The van der Waals surface area contributed by atoms with E-state index in [1.807, 2.05) is 12.1 Å². The predicted octanol–water partition coefficient (Wildman–Crippen LogP) is 1.76. The van der Waals surface area contributed by atoms with Crippen molar-refractivity contribution in [2.45, 2.75) is 25.4 Å². The zero-order valence-corrected chi connectivity index (χ0v) is 12.5. The van der Waals surface area contributed by atoms with Crippen LogP contribution in [0.25, 0.3) is 0 Å². The lowest BCUT2D eigenvalue weighted by Crippen LogP contribution is -2.46. The van der Waals surface area contributed by atoms with Crippen LogP contribution < -0.4 is 0 Å². The summed E-state index contributed by atoms with van der Waals surface area (Å²) >= 11 is 5.88. The van der Waals surface area contributed by atoms with E-state index in [-0.39, 0.29) is 11.9 Å². The standard InChI is InChI=1S/C15H21ClN2O2/c1-17(15(20)11-19)14-6-8-18(9-7-14)10-12-2-4-13(16)5-3-12/h2-5,14,19H,6-11H2,1H3. The first-order valence-electron chi connectivity index (χ1n) is 6.93. The van der Waals surface area contributed by atoms with E-state index in [2.05, 4.69) is 17.0 Å². The molecule has 20 heavy (non-hydrogen) atoms. The summed E-state index contributed by atoms with van der Waals surface area (Å²) in [6.07, 6.45) is 1.91. The van der Waals surface area contributed by atoms with Gasteiger partial charge in [-0.15, -0.1) is 0 Å². The number of nitrogens with zero attached hydrogens (tertiary/aromatic N) is 2. The van der Waals surface area contributed by atoms with E-state index in [0.717, 1.165) is 37.5 Å². The third-order valence-corrected chi connectivity index (χ3v) is 4.20. The zero-order chi connectivity index (χ0) is 14.5. The number of carbonyl (C=O) groups excluding carboxylic acids is 1. The van der Waals surface area contributed by atoms with Crippen LogP contribution in [0.2, 0.25) is 5.02 Å². The monoisotopic (exact) mass is 296 g/mol. The Kier molecular flexibility index (Phi) is 5.40. The van der Waals surface area contributed by atoms with Gasteiger partial charge in [0.05, 0.1) is 0 Å². The number of aliphatic hydroxyl groups excluding tert-OH is 1. The van der Waals surface area contributed by atoms with E-state index in [1.165, 1.54) is 5.56 Å². The summed E-state index contributed by atoms with van der Waals surface area (Å²) in [5, 5.41) is 9.65. The summed E-state index contributed by atoms with van der Waals surface area (Å²) in [5.74, 6) is -0.193. The molecular formula is C15H21ClN2O2. The third-order valence-electron chi connectivity index (χ3n) is 3.95. The van der Waals surface area contributed by atoms with E-state index in [1.54, 1.807) is 11.9 Å². The number of carbonyl (C=O) groups is 1. The molecule has 1 N–H and O–H groups in total. The van der Waals surface area contributed by atoms with Gasteiger partial charge < -0.3 is 10.0 Å². The number of rotatable bonds is 4. The average molecular weight is 297 g/mol. The van der Waals surface area contributed by atoms with Gasteiger partial charge in [-0.05, 0) is 30.5 Å². The van der Waals surface area contributed by atoms with Crippen molar-refractivity contribution in [3.63, 3.8) is 0 Å². The number of aliphatic hydroxyl groups is 1. The van der Waals surface area contributed by atoms with Crippen molar-refractivity contribution < 1.29 is 9.90 Å². The fourth-order valence-corrected chi connectivity index (χ4v) is 2.75. The highest BCUT2D eigenvalue weighted by molar-refractivity contribution is 6.30. The quantitative estimate of drug-likeness (QED) is 0.921. The molecule has 1 saturated heterocycles. The van der Waals surface area contributed by atoms with Crippen LogP contribution >= 0.6 is 11.6 Å². The molecule has 1 aliphatic heterocycles. The average Bonchev–Trinajstić information content (AvgIpc) is 2.49. The fourth-order valence-electron chi connectivity index (χ4n) is 2.63. The van der Waals surface area contributed by atoms with Crippen molar-refractivity contribution in [3.05, 3.63) is 34.9 Å². The first-order valence-corrected chi connectivity index (χ1v) is 7.31. The van der Waals surface area contributed by atoms with E-state index in [0.29, 0.717) is 0 Å². The van der Waals surface area contributed by atoms with Crippen molar-refractivity contribution in [2.24, 2.45) is 0 Å². The number of piperidine rings is 1. The lowest BCUT2D eigenvalue weighted by atomic mass is 10.0. The molecule has 1 aliphatic rings. The molecule has 1 heterocycles. The maximum atomic E-state index is 11.5. The minimum Gasteiger partial charge on any atom is -0.387 e. The topological polar surface area (TPSA) is 43.8 Å². The van der Waals surface area contributed by atoms with Gasteiger partial charge in [-0.25, -0.2) is 0 Å². The minimum absolute atomic E-state index is 0.193. The molecule has 0 radical (unpaired) electrons. The Morgan fingerprint density at radius 1 is 1.35 bits per heavy atom. The summed E-state index contributed by atoms with van der Waals surface area (Å²) in [5.41, 5.74) is 1.26. The van der Waals surface area contributed by atoms with Gasteiger partial charge in [0.2, 0.25) is 5.91 Å². The van der Waals surface area contributed by atoms with Gasteiger partial charge in [0.1, 0.15) is 6.61 Å². The highest BCUT2D eigenvalue weighted by Crippen LogP contribution is 2.18. The Labute approximate surface area is 124 Å². The smallest absolute Gasteiger partial charge is 0.248 e. The Balaban J connectivity index is 1.82. The lowest BCUT2D eigenvalue weighted by Gasteiger charge is -2.36. The van der Waals surface area contributed by atoms with Crippen LogP contribution in [0, 0.1) is 0 Å². The number of likely N-dealkylation sites (N-methyl/N-ethyl adjacent to an activating group) is 1. The molecule has 1 fully saturated rings. The molecule has 4 nitrogen and oxygen atoms in total. The molecule has 2 rings (SSSR count). The van der Waals surface area contributed by atoms with Gasteiger partial charge in [-0.3, -0.25) is 9.69 Å². The summed E-state index contributed by atoms with van der Waals surface area (Å²) in [6.45, 7) is 2.45. The van der Waals surface area contributed by atoms with Crippen LogP contribution in [0.1, 0.15) is 18.4 Å². The Hall–Kier alpha value is -1.10. The third kappa shape index (κ3) is 3.95. The maximum absolute atomic E-state index is 11.5. The molecule has 0 spiro atoms.